The van der Waals surface area contributed by atoms with Gasteiger partial charge in [-0.05, 0) is 12.1 Å². The summed E-state index contributed by atoms with van der Waals surface area (Å²) >= 11 is 0. The number of rotatable bonds is 2. The van der Waals surface area contributed by atoms with Gasteiger partial charge in [-0.2, -0.15) is 0 Å². The van der Waals surface area contributed by atoms with Gasteiger partial charge in [-0.1, -0.05) is 18.2 Å². The SMILES string of the molecule is C[N+]1(c2ccccc2)CCCC1C=O. The van der Waals surface area contributed by atoms with E-state index in [4.69, 9.17) is 0 Å². The third kappa shape index (κ3) is 1.36. The van der Waals surface area contributed by atoms with Crippen LogP contribution in [0.5, 0.6) is 0 Å². The van der Waals surface area contributed by atoms with Gasteiger partial charge < -0.3 is 0 Å². The zero-order valence-electron chi connectivity index (χ0n) is 8.52. The zero-order valence-corrected chi connectivity index (χ0v) is 8.52. The summed E-state index contributed by atoms with van der Waals surface area (Å²) in [5.41, 5.74) is 1.25. The fourth-order valence-electron chi connectivity index (χ4n) is 2.37. The lowest BCUT2D eigenvalue weighted by Crippen LogP contribution is -2.49. The molecule has 0 radical (unpaired) electrons. The van der Waals surface area contributed by atoms with Gasteiger partial charge in [0, 0.05) is 12.8 Å². The van der Waals surface area contributed by atoms with Crippen LogP contribution in [0.4, 0.5) is 5.69 Å². The van der Waals surface area contributed by atoms with E-state index in [0.29, 0.717) is 0 Å². The lowest BCUT2D eigenvalue weighted by atomic mass is 10.2. The van der Waals surface area contributed by atoms with E-state index >= 15 is 0 Å². The van der Waals surface area contributed by atoms with Crippen molar-refractivity contribution in [2.24, 2.45) is 0 Å². The fourth-order valence-corrected chi connectivity index (χ4v) is 2.37. The van der Waals surface area contributed by atoms with Gasteiger partial charge in [-0.15, -0.1) is 0 Å². The second kappa shape index (κ2) is 3.54. The summed E-state index contributed by atoms with van der Waals surface area (Å²) in [6.07, 6.45) is 3.28. The van der Waals surface area contributed by atoms with Gasteiger partial charge in [0.05, 0.1) is 13.6 Å². The summed E-state index contributed by atoms with van der Waals surface area (Å²) < 4.78 is 0.782. The van der Waals surface area contributed by atoms with Crippen LogP contribution < -0.4 is 4.48 Å². The van der Waals surface area contributed by atoms with Gasteiger partial charge >= 0.3 is 0 Å². The number of hydrogen-bond donors (Lipinski definition) is 0. The van der Waals surface area contributed by atoms with Crippen molar-refractivity contribution in [3.05, 3.63) is 30.3 Å². The Balaban J connectivity index is 2.36. The van der Waals surface area contributed by atoms with Gasteiger partial charge in [0.1, 0.15) is 11.7 Å². The molecule has 0 spiro atoms. The smallest absolute Gasteiger partial charge is 0.177 e. The van der Waals surface area contributed by atoms with Crippen molar-refractivity contribution in [3.8, 4) is 0 Å². The molecule has 1 aliphatic rings. The first-order valence-electron chi connectivity index (χ1n) is 5.13. The summed E-state index contributed by atoms with van der Waals surface area (Å²) in [4.78, 5) is 11.0. The predicted octanol–water partition coefficient (Wildman–Crippen LogP) is 1.98. The molecule has 0 saturated carbocycles. The Kier molecular flexibility index (Phi) is 2.38. The average molecular weight is 190 g/mol. The molecule has 0 bridgehead atoms. The molecule has 74 valence electrons. The highest BCUT2D eigenvalue weighted by Gasteiger charge is 2.39. The molecule has 2 atom stereocenters. The first-order chi connectivity index (χ1) is 6.77. The van der Waals surface area contributed by atoms with Crippen LogP contribution in [-0.2, 0) is 4.79 Å². The number of likely N-dealkylation sites (N-methyl/N-ethyl adjacent to an activating group) is 1. The van der Waals surface area contributed by atoms with E-state index in [2.05, 4.69) is 19.2 Å². The van der Waals surface area contributed by atoms with E-state index in [9.17, 15) is 4.79 Å². The Morgan fingerprint density at radius 3 is 2.71 bits per heavy atom. The molecule has 2 nitrogen and oxygen atoms in total. The van der Waals surface area contributed by atoms with Gasteiger partial charge in [0.15, 0.2) is 6.29 Å². The minimum absolute atomic E-state index is 0.150. The second-order valence-corrected chi connectivity index (χ2v) is 4.17. The summed E-state index contributed by atoms with van der Waals surface area (Å²) in [7, 11) is 2.15. The first-order valence-corrected chi connectivity index (χ1v) is 5.13. The van der Waals surface area contributed by atoms with Crippen molar-refractivity contribution >= 4 is 12.0 Å². The van der Waals surface area contributed by atoms with Crippen LogP contribution in [0.25, 0.3) is 0 Å². The molecule has 2 heteroatoms. The van der Waals surface area contributed by atoms with E-state index in [1.54, 1.807) is 0 Å². The Labute approximate surface area is 84.7 Å². The molecule has 1 saturated heterocycles. The maximum Gasteiger partial charge on any atom is 0.177 e. The summed E-state index contributed by atoms with van der Waals surface area (Å²) in [5, 5.41) is 0. The Morgan fingerprint density at radius 2 is 2.07 bits per heavy atom. The molecule has 0 aliphatic carbocycles. The van der Waals surface area contributed by atoms with Crippen LogP contribution in [0.15, 0.2) is 30.3 Å². The van der Waals surface area contributed by atoms with E-state index in [0.717, 1.165) is 30.2 Å². The molecule has 0 amide bonds. The molecule has 1 fully saturated rings. The normalized spacial score (nSPS) is 31.6. The standard InChI is InChI=1S/C12H16NO/c1-13(9-5-8-12(13)10-14)11-6-3-2-4-7-11/h2-4,6-7,10,12H,5,8-9H2,1H3/q+1. The molecule has 1 aromatic rings. The van der Waals surface area contributed by atoms with Crippen molar-refractivity contribution in [1.82, 2.24) is 4.48 Å². The lowest BCUT2D eigenvalue weighted by Gasteiger charge is -2.32. The quantitative estimate of drug-likeness (QED) is 0.515. The van der Waals surface area contributed by atoms with Crippen LogP contribution >= 0.6 is 0 Å². The molecular formula is C12H16NO+. The summed E-state index contributed by atoms with van der Waals surface area (Å²) in [6, 6.07) is 10.5. The van der Waals surface area contributed by atoms with Crippen molar-refractivity contribution < 1.29 is 4.79 Å². The number of para-hydroxylation sites is 1. The van der Waals surface area contributed by atoms with E-state index in [-0.39, 0.29) is 6.04 Å². The molecule has 1 heterocycles. The monoisotopic (exact) mass is 190 g/mol. The molecule has 1 aromatic carbocycles. The first kappa shape index (κ1) is 9.41. The third-order valence-corrected chi connectivity index (χ3v) is 3.36. The van der Waals surface area contributed by atoms with Crippen LogP contribution in [0, 0.1) is 0 Å². The lowest BCUT2D eigenvalue weighted by molar-refractivity contribution is -0.111. The molecule has 2 rings (SSSR count). The molecule has 2 unspecified atom stereocenters. The average Bonchev–Trinajstić information content (AvgIpc) is 2.62. The number of likely N-dealkylation sites (tertiary alicyclic amines) is 1. The van der Waals surface area contributed by atoms with Crippen LogP contribution in [0.2, 0.25) is 0 Å². The fraction of sp³-hybridized carbons (Fsp3) is 0.417. The van der Waals surface area contributed by atoms with Gasteiger partial charge in [0.2, 0.25) is 0 Å². The number of quaternary nitrogens is 1. The van der Waals surface area contributed by atoms with Gasteiger partial charge in [0.25, 0.3) is 0 Å². The Morgan fingerprint density at radius 1 is 1.36 bits per heavy atom. The Hall–Kier alpha value is -1.15. The van der Waals surface area contributed by atoms with Gasteiger partial charge in [-0.25, -0.2) is 0 Å². The van der Waals surface area contributed by atoms with E-state index < -0.39 is 0 Å². The molecular weight excluding hydrogens is 174 g/mol. The van der Waals surface area contributed by atoms with Crippen molar-refractivity contribution in [1.29, 1.82) is 0 Å². The molecule has 0 N–H and O–H groups in total. The summed E-state index contributed by atoms with van der Waals surface area (Å²) in [5.74, 6) is 0. The van der Waals surface area contributed by atoms with Gasteiger partial charge in [-0.3, -0.25) is 9.28 Å². The van der Waals surface area contributed by atoms with Crippen LogP contribution in [-0.4, -0.2) is 25.9 Å². The number of carbonyl (C=O) groups is 1. The third-order valence-electron chi connectivity index (χ3n) is 3.36. The highest BCUT2D eigenvalue weighted by Crippen LogP contribution is 2.30. The maximum atomic E-state index is 11.0. The zero-order chi connectivity index (χ0) is 10.0. The second-order valence-electron chi connectivity index (χ2n) is 4.17. The van der Waals surface area contributed by atoms with Crippen molar-refractivity contribution in [2.45, 2.75) is 18.9 Å². The predicted molar refractivity (Wildman–Crippen MR) is 58.1 cm³/mol. The number of hydrogen-bond acceptors (Lipinski definition) is 1. The molecule has 0 aromatic heterocycles. The highest BCUT2D eigenvalue weighted by atomic mass is 16.1. The van der Waals surface area contributed by atoms with Crippen molar-refractivity contribution in [2.75, 3.05) is 13.6 Å². The Bertz CT molecular complexity index is 322. The van der Waals surface area contributed by atoms with E-state index in [1.165, 1.54) is 5.69 Å². The minimum Gasteiger partial charge on any atom is -0.297 e. The summed E-state index contributed by atoms with van der Waals surface area (Å²) in [6.45, 7) is 1.08. The number of benzene rings is 1. The number of nitrogens with zero attached hydrogens (tertiary/aromatic N) is 1. The number of aldehydes is 1. The van der Waals surface area contributed by atoms with E-state index in [1.807, 2.05) is 18.2 Å². The van der Waals surface area contributed by atoms with Crippen LogP contribution in [0.3, 0.4) is 0 Å². The maximum absolute atomic E-state index is 11.0. The largest absolute Gasteiger partial charge is 0.297 e. The van der Waals surface area contributed by atoms with Crippen LogP contribution in [0.1, 0.15) is 12.8 Å². The molecule has 1 aliphatic heterocycles. The van der Waals surface area contributed by atoms with Crippen molar-refractivity contribution in [3.63, 3.8) is 0 Å². The minimum atomic E-state index is 0.150. The number of carbonyl (C=O) groups excluding carboxylic acids is 1. The molecule has 14 heavy (non-hydrogen) atoms. The topological polar surface area (TPSA) is 17.1 Å². The highest BCUT2D eigenvalue weighted by molar-refractivity contribution is 5.64.